The zero-order chi connectivity index (χ0) is 18.4. The van der Waals surface area contributed by atoms with Gasteiger partial charge in [-0.15, -0.1) is 0 Å². The van der Waals surface area contributed by atoms with Crippen molar-refractivity contribution < 1.29 is 4.39 Å². The summed E-state index contributed by atoms with van der Waals surface area (Å²) in [6, 6.07) is 23.1. The molecule has 0 bridgehead atoms. The molecule has 1 atom stereocenters. The van der Waals surface area contributed by atoms with Crippen molar-refractivity contribution in [1.82, 2.24) is 9.55 Å². The Morgan fingerprint density at radius 2 is 1.67 bits per heavy atom. The molecule has 132 valence electrons. The van der Waals surface area contributed by atoms with E-state index in [0.717, 1.165) is 28.2 Å². The van der Waals surface area contributed by atoms with Gasteiger partial charge in [0, 0.05) is 5.70 Å². The van der Waals surface area contributed by atoms with E-state index in [4.69, 9.17) is 4.98 Å². The number of benzene rings is 3. The summed E-state index contributed by atoms with van der Waals surface area (Å²) in [7, 11) is 0. The highest BCUT2D eigenvalue weighted by atomic mass is 19.1. The Bertz CT molecular complexity index is 1170. The first-order valence-electron chi connectivity index (χ1n) is 8.98. The molecule has 3 aromatic carbocycles. The summed E-state index contributed by atoms with van der Waals surface area (Å²) >= 11 is 0. The second-order valence-corrected chi connectivity index (χ2v) is 6.81. The van der Waals surface area contributed by atoms with E-state index in [0.29, 0.717) is 0 Å². The molecule has 1 aromatic heterocycles. The van der Waals surface area contributed by atoms with E-state index >= 15 is 0 Å². The summed E-state index contributed by atoms with van der Waals surface area (Å²) in [4.78, 5) is 4.79. The number of hydrogen-bond donors (Lipinski definition) is 1. The number of nitrogens with one attached hydrogen (secondary N) is 1. The van der Waals surface area contributed by atoms with Crippen LogP contribution in [-0.2, 0) is 0 Å². The second kappa shape index (κ2) is 6.09. The third-order valence-electron chi connectivity index (χ3n) is 5.11. The largest absolute Gasteiger partial charge is 0.325 e. The third kappa shape index (κ3) is 2.61. The molecule has 0 fully saturated rings. The van der Waals surface area contributed by atoms with Crippen LogP contribution in [0.25, 0.3) is 16.7 Å². The number of hydrogen-bond acceptors (Lipinski definition) is 2. The number of halogens is 1. The van der Waals surface area contributed by atoms with E-state index in [2.05, 4.69) is 53.2 Å². The van der Waals surface area contributed by atoms with Crippen LogP contribution in [-0.4, -0.2) is 9.55 Å². The lowest BCUT2D eigenvalue weighted by molar-refractivity contribution is 0.627. The van der Waals surface area contributed by atoms with Gasteiger partial charge in [0.15, 0.2) is 0 Å². The minimum atomic E-state index is -0.238. The summed E-state index contributed by atoms with van der Waals surface area (Å²) in [5.74, 6) is 0.559. The molecule has 0 unspecified atom stereocenters. The number of fused-ring (bicyclic) bond motifs is 3. The Kier molecular flexibility index (Phi) is 3.57. The van der Waals surface area contributed by atoms with Crippen molar-refractivity contribution in [2.45, 2.75) is 13.0 Å². The van der Waals surface area contributed by atoms with Crippen molar-refractivity contribution in [3.8, 4) is 0 Å². The Morgan fingerprint density at radius 3 is 2.48 bits per heavy atom. The number of para-hydroxylation sites is 2. The number of imidazole rings is 1. The van der Waals surface area contributed by atoms with Crippen molar-refractivity contribution in [3.05, 3.63) is 101 Å². The molecule has 4 aromatic rings. The van der Waals surface area contributed by atoms with Crippen molar-refractivity contribution in [1.29, 1.82) is 0 Å². The molecule has 1 N–H and O–H groups in total. The van der Waals surface area contributed by atoms with Crippen LogP contribution >= 0.6 is 0 Å². The number of rotatable bonds is 2. The average molecular weight is 355 g/mol. The zero-order valence-corrected chi connectivity index (χ0v) is 14.9. The molecule has 0 saturated carbocycles. The molecule has 0 saturated heterocycles. The number of aromatic nitrogens is 2. The highest BCUT2D eigenvalue weighted by Gasteiger charge is 2.26. The molecule has 0 aliphatic carbocycles. The summed E-state index contributed by atoms with van der Waals surface area (Å²) < 4.78 is 15.6. The Morgan fingerprint density at radius 1 is 0.926 bits per heavy atom. The van der Waals surface area contributed by atoms with E-state index in [9.17, 15) is 4.39 Å². The summed E-state index contributed by atoms with van der Waals surface area (Å²) in [5, 5.41) is 3.43. The van der Waals surface area contributed by atoms with Crippen LogP contribution in [0.5, 0.6) is 0 Å². The minimum Gasteiger partial charge on any atom is -0.325 e. The topological polar surface area (TPSA) is 29.9 Å². The highest BCUT2D eigenvalue weighted by Crippen LogP contribution is 2.37. The van der Waals surface area contributed by atoms with Gasteiger partial charge in [-0.05, 0) is 66.1 Å². The van der Waals surface area contributed by atoms with E-state index in [1.165, 1.54) is 23.3 Å². The predicted octanol–water partition coefficient (Wildman–Crippen LogP) is 5.54. The molecule has 0 radical (unpaired) electrons. The number of allylic oxidation sites excluding steroid dienone is 1. The molecule has 4 heteroatoms. The quantitative estimate of drug-likeness (QED) is 0.512. The van der Waals surface area contributed by atoms with Gasteiger partial charge in [0.2, 0.25) is 5.95 Å². The molecule has 0 amide bonds. The SMILES string of the molecule is Cc1ccccc1[C@H]1C=C(c2ccc(F)cc2)Nc2nc3ccccc3n21. The number of anilines is 1. The first-order chi connectivity index (χ1) is 13.2. The van der Waals surface area contributed by atoms with Crippen LogP contribution in [0.4, 0.5) is 10.3 Å². The van der Waals surface area contributed by atoms with Crippen LogP contribution in [0.3, 0.4) is 0 Å². The van der Waals surface area contributed by atoms with Crippen LogP contribution in [0.2, 0.25) is 0 Å². The third-order valence-corrected chi connectivity index (χ3v) is 5.11. The Labute approximate surface area is 156 Å². The first-order valence-corrected chi connectivity index (χ1v) is 8.98. The van der Waals surface area contributed by atoms with Gasteiger partial charge in [-0.3, -0.25) is 4.57 Å². The predicted molar refractivity (Wildman–Crippen MR) is 107 cm³/mol. The fourth-order valence-corrected chi connectivity index (χ4v) is 3.75. The summed E-state index contributed by atoms with van der Waals surface area (Å²) in [5.41, 5.74) is 6.36. The molecule has 1 aliphatic rings. The van der Waals surface area contributed by atoms with E-state index < -0.39 is 0 Å². The van der Waals surface area contributed by atoms with Gasteiger partial charge in [0.05, 0.1) is 17.1 Å². The summed E-state index contributed by atoms with van der Waals surface area (Å²) in [6.45, 7) is 2.13. The Balaban J connectivity index is 1.74. The lowest BCUT2D eigenvalue weighted by Crippen LogP contribution is -2.19. The van der Waals surface area contributed by atoms with Crippen LogP contribution in [0.1, 0.15) is 22.7 Å². The summed E-state index contributed by atoms with van der Waals surface area (Å²) in [6.07, 6.45) is 2.19. The molecule has 5 rings (SSSR count). The molecule has 27 heavy (non-hydrogen) atoms. The average Bonchev–Trinajstić information content (AvgIpc) is 3.07. The first kappa shape index (κ1) is 15.8. The molecule has 1 aliphatic heterocycles. The van der Waals surface area contributed by atoms with Gasteiger partial charge in [-0.2, -0.15) is 0 Å². The fourth-order valence-electron chi connectivity index (χ4n) is 3.75. The molecule has 2 heterocycles. The van der Waals surface area contributed by atoms with Gasteiger partial charge >= 0.3 is 0 Å². The maximum atomic E-state index is 13.4. The van der Waals surface area contributed by atoms with Crippen molar-refractivity contribution in [2.24, 2.45) is 0 Å². The standard InChI is InChI=1S/C23H18FN3/c1-15-6-2-3-7-18(15)22-14-20(16-10-12-17(24)13-11-16)26-23-25-19-8-4-5-9-21(19)27(22)23/h2-14,22H,1H3,(H,25,26)/t22-/m1/s1. The van der Waals surface area contributed by atoms with Gasteiger partial charge in [-0.1, -0.05) is 36.4 Å². The maximum absolute atomic E-state index is 13.4. The lowest BCUT2D eigenvalue weighted by atomic mass is 9.97. The zero-order valence-electron chi connectivity index (χ0n) is 14.9. The molecule has 3 nitrogen and oxygen atoms in total. The van der Waals surface area contributed by atoms with E-state index in [-0.39, 0.29) is 11.9 Å². The van der Waals surface area contributed by atoms with Gasteiger partial charge in [0.1, 0.15) is 5.82 Å². The van der Waals surface area contributed by atoms with E-state index in [1.807, 2.05) is 18.2 Å². The number of nitrogens with zero attached hydrogens (tertiary/aromatic N) is 2. The second-order valence-electron chi connectivity index (χ2n) is 6.81. The van der Waals surface area contributed by atoms with Crippen LogP contribution < -0.4 is 5.32 Å². The monoisotopic (exact) mass is 355 g/mol. The van der Waals surface area contributed by atoms with Crippen LogP contribution in [0.15, 0.2) is 78.9 Å². The number of aryl methyl sites for hydroxylation is 1. The molecular weight excluding hydrogens is 337 g/mol. The van der Waals surface area contributed by atoms with Gasteiger partial charge < -0.3 is 5.32 Å². The molecule has 0 spiro atoms. The van der Waals surface area contributed by atoms with Crippen LogP contribution in [0, 0.1) is 12.7 Å². The van der Waals surface area contributed by atoms with Gasteiger partial charge in [0.25, 0.3) is 0 Å². The highest BCUT2D eigenvalue weighted by molar-refractivity contribution is 5.85. The van der Waals surface area contributed by atoms with Crippen molar-refractivity contribution >= 4 is 22.7 Å². The van der Waals surface area contributed by atoms with Crippen molar-refractivity contribution in [2.75, 3.05) is 5.32 Å². The fraction of sp³-hybridized carbons (Fsp3) is 0.0870. The smallest absolute Gasteiger partial charge is 0.209 e. The minimum absolute atomic E-state index is 0.00917. The van der Waals surface area contributed by atoms with Crippen molar-refractivity contribution in [3.63, 3.8) is 0 Å². The lowest BCUT2D eigenvalue weighted by Gasteiger charge is -2.27. The Hall–Kier alpha value is -3.40. The maximum Gasteiger partial charge on any atom is 0.209 e. The molecular formula is C23H18FN3. The van der Waals surface area contributed by atoms with Gasteiger partial charge in [-0.25, -0.2) is 9.37 Å². The normalized spacial score (nSPS) is 15.9. The van der Waals surface area contributed by atoms with E-state index in [1.54, 1.807) is 12.1 Å².